The van der Waals surface area contributed by atoms with Gasteiger partial charge in [0.25, 0.3) is 0 Å². The maximum atomic E-state index is 11.8. The van der Waals surface area contributed by atoms with Crippen LogP contribution in [-0.4, -0.2) is 28.3 Å². The van der Waals surface area contributed by atoms with E-state index in [1.807, 2.05) is 0 Å². The second-order valence-electron chi connectivity index (χ2n) is 6.77. The third-order valence-electron chi connectivity index (χ3n) is 3.45. The number of hydrogen-bond donors (Lipinski definition) is 2. The predicted octanol–water partition coefficient (Wildman–Crippen LogP) is 2.79. The van der Waals surface area contributed by atoms with Gasteiger partial charge < -0.3 is 15.2 Å². The minimum atomic E-state index is -1.15. The Kier molecular flexibility index (Phi) is 4.48. The van der Waals surface area contributed by atoms with E-state index in [1.54, 1.807) is 20.8 Å². The van der Waals surface area contributed by atoms with Gasteiger partial charge in [0.2, 0.25) is 0 Å². The van der Waals surface area contributed by atoms with Crippen molar-refractivity contribution in [3.63, 3.8) is 0 Å². The van der Waals surface area contributed by atoms with E-state index in [0.29, 0.717) is 12.3 Å². The first-order valence-electron chi connectivity index (χ1n) is 6.81. The minimum absolute atomic E-state index is 0.0162. The van der Waals surface area contributed by atoms with Crippen LogP contribution in [0, 0.1) is 11.8 Å². The highest BCUT2D eigenvalue weighted by Crippen LogP contribution is 2.43. The Hall–Kier alpha value is -1.26. The van der Waals surface area contributed by atoms with E-state index < -0.39 is 23.2 Å². The van der Waals surface area contributed by atoms with Crippen molar-refractivity contribution in [2.24, 2.45) is 11.8 Å². The Bertz CT molecular complexity index is 359. The summed E-state index contributed by atoms with van der Waals surface area (Å²) in [5.74, 6) is -0.572. The molecule has 5 heteroatoms. The fourth-order valence-electron chi connectivity index (χ4n) is 2.51. The van der Waals surface area contributed by atoms with Crippen LogP contribution in [-0.2, 0) is 9.53 Å². The second kappa shape index (κ2) is 5.39. The molecular formula is C14H25NO4. The van der Waals surface area contributed by atoms with E-state index in [2.05, 4.69) is 19.2 Å². The molecule has 2 atom stereocenters. The molecule has 19 heavy (non-hydrogen) atoms. The van der Waals surface area contributed by atoms with Crippen LogP contribution in [0.1, 0.15) is 53.9 Å². The third-order valence-corrected chi connectivity index (χ3v) is 3.45. The molecule has 0 bridgehead atoms. The summed E-state index contributed by atoms with van der Waals surface area (Å²) < 4.78 is 5.16. The number of amides is 1. The number of ether oxygens (including phenoxy) is 1. The molecule has 0 unspecified atom stereocenters. The molecule has 0 heterocycles. The summed E-state index contributed by atoms with van der Waals surface area (Å²) in [7, 11) is 0. The quantitative estimate of drug-likeness (QED) is 0.824. The average Bonchev–Trinajstić information content (AvgIpc) is 2.17. The summed E-state index contributed by atoms with van der Waals surface area (Å²) in [6.07, 6.45) is 1.45. The van der Waals surface area contributed by atoms with E-state index in [-0.39, 0.29) is 5.92 Å². The van der Waals surface area contributed by atoms with Crippen molar-refractivity contribution in [2.45, 2.75) is 65.0 Å². The largest absolute Gasteiger partial charge is 0.479 e. The number of rotatable bonds is 4. The molecule has 1 amide bonds. The molecule has 1 aliphatic carbocycles. The smallest absolute Gasteiger partial charge is 0.408 e. The van der Waals surface area contributed by atoms with E-state index in [4.69, 9.17) is 4.74 Å². The molecule has 2 N–H and O–H groups in total. The van der Waals surface area contributed by atoms with Gasteiger partial charge in [-0.25, -0.2) is 9.59 Å². The highest BCUT2D eigenvalue weighted by molar-refractivity contribution is 5.86. The van der Waals surface area contributed by atoms with Crippen LogP contribution in [0.15, 0.2) is 0 Å². The van der Waals surface area contributed by atoms with Gasteiger partial charge in [0.05, 0.1) is 0 Å². The topological polar surface area (TPSA) is 75.6 Å². The van der Waals surface area contributed by atoms with Gasteiger partial charge in [-0.1, -0.05) is 13.8 Å². The van der Waals surface area contributed by atoms with Crippen LogP contribution in [0.5, 0.6) is 0 Å². The second-order valence-corrected chi connectivity index (χ2v) is 6.77. The highest BCUT2D eigenvalue weighted by atomic mass is 16.6. The Balaban J connectivity index is 2.74. The first-order valence-corrected chi connectivity index (χ1v) is 6.81. The van der Waals surface area contributed by atoms with Gasteiger partial charge in [-0.3, -0.25) is 0 Å². The standard InChI is InChI=1S/C14H25NO4/c1-9(2)8-10-6-7-14(10,11(16)17)15-12(18)19-13(3,4)5/h9-10H,6-8H2,1-5H3,(H,15,18)(H,16,17)/t10-,14-/m0/s1. The number of carbonyl (C=O) groups excluding carboxylic acids is 1. The van der Waals surface area contributed by atoms with E-state index in [1.165, 1.54) is 0 Å². The van der Waals surface area contributed by atoms with Crippen LogP contribution in [0.3, 0.4) is 0 Å². The SMILES string of the molecule is CC(C)C[C@@H]1CC[C@@]1(NC(=O)OC(C)(C)C)C(=O)O. The van der Waals surface area contributed by atoms with Crippen LogP contribution in [0.2, 0.25) is 0 Å². The number of aliphatic carboxylic acids is 1. The molecule has 1 rings (SSSR count). The molecule has 1 fully saturated rings. The monoisotopic (exact) mass is 271 g/mol. The molecule has 110 valence electrons. The van der Waals surface area contributed by atoms with Crippen molar-refractivity contribution in [3.05, 3.63) is 0 Å². The number of carboxylic acid groups (broad SMARTS) is 1. The molecule has 1 aliphatic rings. The maximum absolute atomic E-state index is 11.8. The zero-order valence-electron chi connectivity index (χ0n) is 12.4. The normalized spacial score (nSPS) is 26.7. The lowest BCUT2D eigenvalue weighted by atomic mass is 9.63. The first-order chi connectivity index (χ1) is 8.57. The fourth-order valence-corrected chi connectivity index (χ4v) is 2.51. The Labute approximate surface area is 114 Å². The predicted molar refractivity (Wildman–Crippen MR) is 71.9 cm³/mol. The summed E-state index contributed by atoms with van der Waals surface area (Å²) in [5, 5.41) is 12.0. The zero-order valence-corrected chi connectivity index (χ0v) is 12.4. The third kappa shape index (κ3) is 3.85. The zero-order chi connectivity index (χ0) is 14.8. The molecule has 0 radical (unpaired) electrons. The summed E-state index contributed by atoms with van der Waals surface area (Å²) in [6.45, 7) is 9.38. The Morgan fingerprint density at radius 3 is 2.32 bits per heavy atom. The summed E-state index contributed by atoms with van der Waals surface area (Å²) >= 11 is 0. The fraction of sp³-hybridized carbons (Fsp3) is 0.857. The number of nitrogens with one attached hydrogen (secondary N) is 1. The van der Waals surface area contributed by atoms with Gasteiger partial charge in [0.1, 0.15) is 11.1 Å². The molecule has 0 aromatic heterocycles. The van der Waals surface area contributed by atoms with Gasteiger partial charge in [-0.05, 0) is 51.9 Å². The molecule has 1 saturated carbocycles. The van der Waals surface area contributed by atoms with Crippen molar-refractivity contribution in [3.8, 4) is 0 Å². The molecule has 0 aromatic carbocycles. The summed E-state index contributed by atoms with van der Waals surface area (Å²) in [5.41, 5.74) is -1.77. The number of alkyl carbamates (subject to hydrolysis) is 1. The summed E-state index contributed by atoms with van der Waals surface area (Å²) in [4.78, 5) is 23.3. The molecule has 0 aromatic rings. The number of hydrogen-bond acceptors (Lipinski definition) is 3. The van der Waals surface area contributed by atoms with Gasteiger partial charge in [0.15, 0.2) is 0 Å². The van der Waals surface area contributed by atoms with Gasteiger partial charge in [0, 0.05) is 0 Å². The lowest BCUT2D eigenvalue weighted by Crippen LogP contribution is -2.65. The van der Waals surface area contributed by atoms with Gasteiger partial charge >= 0.3 is 12.1 Å². The van der Waals surface area contributed by atoms with Crippen molar-refractivity contribution in [1.82, 2.24) is 5.32 Å². The van der Waals surface area contributed by atoms with Crippen LogP contribution in [0.4, 0.5) is 4.79 Å². The van der Waals surface area contributed by atoms with Crippen LogP contribution < -0.4 is 5.32 Å². The van der Waals surface area contributed by atoms with E-state index in [0.717, 1.165) is 12.8 Å². The molecular weight excluding hydrogens is 246 g/mol. The van der Waals surface area contributed by atoms with E-state index in [9.17, 15) is 14.7 Å². The highest BCUT2D eigenvalue weighted by Gasteiger charge is 2.54. The number of carboxylic acids is 1. The lowest BCUT2D eigenvalue weighted by molar-refractivity contribution is -0.153. The molecule has 0 spiro atoms. The van der Waals surface area contributed by atoms with Gasteiger partial charge in [-0.2, -0.15) is 0 Å². The molecule has 0 saturated heterocycles. The Morgan fingerprint density at radius 1 is 1.42 bits per heavy atom. The van der Waals surface area contributed by atoms with Crippen molar-refractivity contribution in [2.75, 3.05) is 0 Å². The Morgan fingerprint density at radius 2 is 2.00 bits per heavy atom. The minimum Gasteiger partial charge on any atom is -0.479 e. The van der Waals surface area contributed by atoms with Crippen LogP contribution >= 0.6 is 0 Å². The first kappa shape index (κ1) is 15.8. The van der Waals surface area contributed by atoms with Crippen molar-refractivity contribution < 1.29 is 19.4 Å². The summed E-state index contributed by atoms with van der Waals surface area (Å²) in [6, 6.07) is 0. The molecule has 0 aliphatic heterocycles. The van der Waals surface area contributed by atoms with Crippen LogP contribution in [0.25, 0.3) is 0 Å². The number of carbonyl (C=O) groups is 2. The van der Waals surface area contributed by atoms with Crippen molar-refractivity contribution >= 4 is 12.1 Å². The van der Waals surface area contributed by atoms with Gasteiger partial charge in [-0.15, -0.1) is 0 Å². The van der Waals surface area contributed by atoms with E-state index >= 15 is 0 Å². The maximum Gasteiger partial charge on any atom is 0.408 e. The lowest BCUT2D eigenvalue weighted by Gasteiger charge is -2.47. The average molecular weight is 271 g/mol. The molecule has 5 nitrogen and oxygen atoms in total. The van der Waals surface area contributed by atoms with Crippen molar-refractivity contribution in [1.29, 1.82) is 0 Å².